The Bertz CT molecular complexity index is 1960. The molecule has 2 aliphatic rings. The normalized spacial score (nSPS) is 15.1. The van der Waals surface area contributed by atoms with Crippen molar-refractivity contribution in [3.05, 3.63) is 85.0 Å². The van der Waals surface area contributed by atoms with Gasteiger partial charge in [-0.15, -0.1) is 0 Å². The summed E-state index contributed by atoms with van der Waals surface area (Å²) in [6.07, 6.45) is 0. The van der Waals surface area contributed by atoms with E-state index in [-0.39, 0.29) is 0 Å². The van der Waals surface area contributed by atoms with Crippen molar-refractivity contribution in [2.24, 2.45) is 0 Å². The van der Waals surface area contributed by atoms with E-state index in [1.165, 1.54) is 21.5 Å². The fourth-order valence-electron chi connectivity index (χ4n) is 6.87. The Balaban J connectivity index is 1.80. The zero-order valence-corrected chi connectivity index (χ0v) is 23.1. The molecule has 0 fully saturated rings. The average Bonchev–Trinajstić information content (AvgIpc) is 2.94. The summed E-state index contributed by atoms with van der Waals surface area (Å²) in [5.41, 5.74) is 8.24. The predicted molar refractivity (Wildman–Crippen MR) is 166 cm³/mol. The van der Waals surface area contributed by atoms with E-state index in [0.29, 0.717) is 13.2 Å². The van der Waals surface area contributed by atoms with Crippen LogP contribution in [0.15, 0.2) is 62.7 Å². The Morgan fingerprint density at radius 2 is 1.00 bits per heavy atom. The molecule has 0 N–H and O–H groups in total. The highest BCUT2D eigenvalue weighted by Gasteiger charge is 2.32. The number of hydrogen-bond acceptors (Lipinski definition) is 4. The van der Waals surface area contributed by atoms with Crippen molar-refractivity contribution in [1.29, 1.82) is 0 Å². The summed E-state index contributed by atoms with van der Waals surface area (Å²) < 4.78 is 12.8. The van der Waals surface area contributed by atoms with Crippen LogP contribution in [0, 0.1) is 0 Å². The molecule has 194 valence electrons. The van der Waals surface area contributed by atoms with Crippen LogP contribution >= 0.6 is 0 Å². The van der Waals surface area contributed by atoms with E-state index in [1.807, 2.05) is 20.9 Å². The lowest BCUT2D eigenvalue weighted by atomic mass is 9.80. The summed E-state index contributed by atoms with van der Waals surface area (Å²) >= 11 is 0. The Morgan fingerprint density at radius 1 is 0.564 bits per heavy atom. The molecular formula is C35H32N2O2. The van der Waals surface area contributed by atoms with Crippen LogP contribution in [0.25, 0.3) is 65.9 Å². The molecule has 2 heterocycles. The maximum Gasteiger partial charge on any atom is 0.128 e. The van der Waals surface area contributed by atoms with Gasteiger partial charge in [-0.3, -0.25) is 0 Å². The highest BCUT2D eigenvalue weighted by atomic mass is 16.5. The molecular weight excluding hydrogens is 480 g/mol. The van der Waals surface area contributed by atoms with Crippen LogP contribution < -0.4 is 9.47 Å². The first-order chi connectivity index (χ1) is 18.8. The Hall–Kier alpha value is -4.44. The second-order valence-corrected chi connectivity index (χ2v) is 10.4. The van der Waals surface area contributed by atoms with Crippen molar-refractivity contribution >= 4 is 65.9 Å². The van der Waals surface area contributed by atoms with E-state index in [1.54, 1.807) is 0 Å². The van der Waals surface area contributed by atoms with Gasteiger partial charge in [0.15, 0.2) is 0 Å². The monoisotopic (exact) mass is 512 g/mol. The highest BCUT2D eigenvalue weighted by Crippen LogP contribution is 2.55. The van der Waals surface area contributed by atoms with Gasteiger partial charge in [0.2, 0.25) is 0 Å². The minimum atomic E-state index is 0.569. The zero-order valence-electron chi connectivity index (χ0n) is 23.1. The zero-order chi connectivity index (χ0) is 27.3. The van der Waals surface area contributed by atoms with Gasteiger partial charge in [-0.05, 0) is 43.7 Å². The van der Waals surface area contributed by atoms with Crippen molar-refractivity contribution in [3.63, 3.8) is 0 Å². The first-order valence-corrected chi connectivity index (χ1v) is 13.7. The molecule has 4 heteroatoms. The highest BCUT2D eigenvalue weighted by molar-refractivity contribution is 6.38. The average molecular weight is 513 g/mol. The van der Waals surface area contributed by atoms with Crippen LogP contribution in [0.1, 0.15) is 43.0 Å². The lowest BCUT2D eigenvalue weighted by Crippen LogP contribution is -2.23. The summed E-state index contributed by atoms with van der Waals surface area (Å²) in [6, 6.07) is 13.2. The molecule has 7 rings (SSSR count). The van der Waals surface area contributed by atoms with Gasteiger partial charge in [0, 0.05) is 91.0 Å². The fraction of sp³-hybridized carbons (Fsp3) is 0.200. The number of fused-ring (bicyclic) bond motifs is 2. The van der Waals surface area contributed by atoms with E-state index < -0.39 is 0 Å². The summed E-state index contributed by atoms with van der Waals surface area (Å²) in [7, 11) is 2.03. The molecule has 5 aromatic carbocycles. The third-order valence-corrected chi connectivity index (χ3v) is 8.65. The number of hydrogen-bond donors (Lipinski definition) is 0. The Kier molecular flexibility index (Phi) is 4.87. The quantitative estimate of drug-likeness (QED) is 0.174. The molecule has 2 aliphatic heterocycles. The van der Waals surface area contributed by atoms with Crippen LogP contribution in [0.4, 0.5) is 0 Å². The van der Waals surface area contributed by atoms with Crippen LogP contribution in [0.5, 0.6) is 11.5 Å². The van der Waals surface area contributed by atoms with E-state index in [9.17, 15) is 0 Å². The lowest BCUT2D eigenvalue weighted by Gasteiger charge is -2.36. The van der Waals surface area contributed by atoms with Gasteiger partial charge in [0.05, 0.1) is 13.2 Å². The summed E-state index contributed by atoms with van der Waals surface area (Å²) in [5, 5.41) is 9.22. The van der Waals surface area contributed by atoms with E-state index in [0.717, 1.165) is 84.6 Å². The van der Waals surface area contributed by atoms with Crippen LogP contribution in [0.3, 0.4) is 0 Å². The Labute approximate surface area is 229 Å². The second kappa shape index (κ2) is 8.03. The summed E-state index contributed by atoms with van der Waals surface area (Å²) in [5.74, 6) is 1.74. The first-order valence-electron chi connectivity index (χ1n) is 13.7. The molecule has 0 spiro atoms. The third kappa shape index (κ3) is 2.78. The Morgan fingerprint density at radius 3 is 1.49 bits per heavy atom. The van der Waals surface area contributed by atoms with Crippen LogP contribution in [0.2, 0.25) is 0 Å². The number of nitrogens with zero attached hydrogens (tertiary/aromatic N) is 2. The molecule has 0 saturated carbocycles. The molecule has 0 unspecified atom stereocenters. The van der Waals surface area contributed by atoms with Gasteiger partial charge >= 0.3 is 0 Å². The van der Waals surface area contributed by atoms with E-state index >= 15 is 0 Å². The topological polar surface area (TPSA) is 24.9 Å². The number of benzene rings is 5. The number of ether oxygens (including phenoxy) is 2. The van der Waals surface area contributed by atoms with E-state index in [4.69, 9.17) is 9.47 Å². The molecule has 0 radical (unpaired) electrons. The fourth-order valence-corrected chi connectivity index (χ4v) is 6.87. The minimum absolute atomic E-state index is 0.569. The molecule has 0 atom stereocenters. The van der Waals surface area contributed by atoms with Crippen molar-refractivity contribution in [1.82, 2.24) is 9.80 Å². The van der Waals surface area contributed by atoms with Gasteiger partial charge in [-0.25, -0.2) is 0 Å². The summed E-state index contributed by atoms with van der Waals surface area (Å²) in [4.78, 5) is 4.26. The lowest BCUT2D eigenvalue weighted by molar-refractivity contribution is 0.344. The maximum absolute atomic E-state index is 6.40. The standard InChI is InChI=1S/C35H32N2O2/c1-9-37-20(6)23-13-15-25-32-28(38-10-2)16-26-19(5)36(8)18(4)22-12-14-24(34(32)30(22)26)33-29(39-11-3)17-27(21(37)7)31(23)35(25)33/h12-17H,4-7,9-11H2,1-3,8H3. The molecule has 0 bridgehead atoms. The molecule has 0 saturated heterocycles. The van der Waals surface area contributed by atoms with E-state index in [2.05, 4.69) is 79.4 Å². The predicted octanol–water partition coefficient (Wildman–Crippen LogP) is 8.70. The molecule has 5 aromatic rings. The van der Waals surface area contributed by atoms with Crippen LogP contribution in [-0.4, -0.2) is 36.6 Å². The maximum atomic E-state index is 6.40. The molecule has 4 nitrogen and oxygen atoms in total. The molecule has 0 aliphatic carbocycles. The smallest absolute Gasteiger partial charge is 0.128 e. The van der Waals surface area contributed by atoms with Crippen molar-refractivity contribution in [2.45, 2.75) is 20.8 Å². The van der Waals surface area contributed by atoms with Crippen molar-refractivity contribution < 1.29 is 9.47 Å². The third-order valence-electron chi connectivity index (χ3n) is 8.65. The minimum Gasteiger partial charge on any atom is -0.493 e. The SMILES string of the molecule is C=C1c2ccc3c4c(OCC)cc5c6c(ccc(c7c(OCC)cc(c2c37)C(=C)N1C)c64)C(=C)N(CC)C5=C. The van der Waals surface area contributed by atoms with Gasteiger partial charge < -0.3 is 19.3 Å². The van der Waals surface area contributed by atoms with Gasteiger partial charge in [0.25, 0.3) is 0 Å². The van der Waals surface area contributed by atoms with Gasteiger partial charge in [-0.1, -0.05) is 50.6 Å². The molecule has 0 aromatic heterocycles. The molecule has 39 heavy (non-hydrogen) atoms. The van der Waals surface area contributed by atoms with Gasteiger partial charge in [-0.2, -0.15) is 0 Å². The first kappa shape index (κ1) is 23.7. The van der Waals surface area contributed by atoms with Crippen molar-refractivity contribution in [3.8, 4) is 11.5 Å². The summed E-state index contributed by atoms with van der Waals surface area (Å²) in [6.45, 7) is 26.0. The van der Waals surface area contributed by atoms with Crippen molar-refractivity contribution in [2.75, 3.05) is 26.8 Å². The molecule has 0 amide bonds. The van der Waals surface area contributed by atoms with Gasteiger partial charge in [0.1, 0.15) is 11.5 Å². The van der Waals surface area contributed by atoms with Crippen LogP contribution in [-0.2, 0) is 0 Å². The number of rotatable bonds is 5. The second-order valence-electron chi connectivity index (χ2n) is 10.4. The largest absolute Gasteiger partial charge is 0.493 e.